The van der Waals surface area contributed by atoms with Gasteiger partial charge in [0.15, 0.2) is 11.5 Å². The highest BCUT2D eigenvalue weighted by atomic mass is 16.6. The van der Waals surface area contributed by atoms with Crippen LogP contribution in [0, 0.1) is 0 Å². The van der Waals surface area contributed by atoms with Crippen LogP contribution in [0.25, 0.3) is 0 Å². The second-order valence-corrected chi connectivity index (χ2v) is 4.33. The fourth-order valence-electron chi connectivity index (χ4n) is 2.00. The molecular weight excluding hydrogens is 232 g/mol. The van der Waals surface area contributed by atoms with Gasteiger partial charge in [-0.3, -0.25) is 0 Å². The van der Waals surface area contributed by atoms with Crippen LogP contribution >= 0.6 is 0 Å². The minimum Gasteiger partial charge on any atom is -0.490 e. The highest BCUT2D eigenvalue weighted by Crippen LogP contribution is 2.30. The van der Waals surface area contributed by atoms with E-state index < -0.39 is 0 Å². The molecular formula is C14H20O4. The second kappa shape index (κ2) is 6.61. The van der Waals surface area contributed by atoms with Crippen molar-refractivity contribution in [1.82, 2.24) is 0 Å². The predicted molar refractivity (Wildman–Crippen MR) is 68.0 cm³/mol. The van der Waals surface area contributed by atoms with Crippen molar-refractivity contribution in [2.45, 2.75) is 32.5 Å². The molecule has 18 heavy (non-hydrogen) atoms. The number of hydrogen-bond acceptors (Lipinski definition) is 4. The molecule has 0 amide bonds. The maximum Gasteiger partial charge on any atom is 0.161 e. The van der Waals surface area contributed by atoms with E-state index in [1.165, 1.54) is 0 Å². The fraction of sp³-hybridized carbons (Fsp3) is 0.571. The highest BCUT2D eigenvalue weighted by Gasteiger charge is 2.17. The number of benzene rings is 1. The average Bonchev–Trinajstić information content (AvgIpc) is 2.42. The number of ether oxygens (including phenoxy) is 3. The van der Waals surface area contributed by atoms with Crippen LogP contribution in [0.1, 0.15) is 25.3 Å². The van der Waals surface area contributed by atoms with Crippen LogP contribution in [0.15, 0.2) is 18.2 Å². The summed E-state index contributed by atoms with van der Waals surface area (Å²) in [7, 11) is 0. The van der Waals surface area contributed by atoms with Crippen LogP contribution in [-0.2, 0) is 11.3 Å². The van der Waals surface area contributed by atoms with Crippen molar-refractivity contribution < 1.29 is 19.3 Å². The van der Waals surface area contributed by atoms with Gasteiger partial charge in [0.05, 0.1) is 19.8 Å². The number of hydrogen-bond donors (Lipinski definition) is 1. The Morgan fingerprint density at radius 2 is 2.28 bits per heavy atom. The summed E-state index contributed by atoms with van der Waals surface area (Å²) in [6.45, 7) is 3.97. The molecule has 1 aromatic carbocycles. The van der Waals surface area contributed by atoms with Crippen LogP contribution in [0.3, 0.4) is 0 Å². The Morgan fingerprint density at radius 1 is 1.39 bits per heavy atom. The Balaban J connectivity index is 2.09. The van der Waals surface area contributed by atoms with Crippen molar-refractivity contribution in [3.8, 4) is 11.5 Å². The normalized spacial score (nSPS) is 19.6. The third-order valence-corrected chi connectivity index (χ3v) is 2.90. The average molecular weight is 252 g/mol. The van der Waals surface area contributed by atoms with Gasteiger partial charge in [-0.15, -0.1) is 0 Å². The molecule has 0 aromatic heterocycles. The van der Waals surface area contributed by atoms with Crippen LogP contribution in [0.4, 0.5) is 0 Å². The van der Waals surface area contributed by atoms with Gasteiger partial charge >= 0.3 is 0 Å². The molecule has 0 aliphatic carbocycles. The summed E-state index contributed by atoms with van der Waals surface area (Å²) in [6.07, 6.45) is 2.13. The molecule has 4 nitrogen and oxygen atoms in total. The van der Waals surface area contributed by atoms with Gasteiger partial charge in [0.1, 0.15) is 6.10 Å². The Kier molecular flexibility index (Phi) is 4.84. The molecule has 1 aliphatic rings. The predicted octanol–water partition coefficient (Wildman–Crippen LogP) is 2.14. The smallest absolute Gasteiger partial charge is 0.161 e. The van der Waals surface area contributed by atoms with Gasteiger partial charge in [-0.25, -0.2) is 0 Å². The van der Waals surface area contributed by atoms with Gasteiger partial charge in [-0.2, -0.15) is 0 Å². The molecule has 1 N–H and O–H groups in total. The Bertz CT molecular complexity index is 372. The molecule has 1 heterocycles. The summed E-state index contributed by atoms with van der Waals surface area (Å²) in [6, 6.07) is 5.52. The standard InChI is InChI=1S/C14H20O4/c1-2-17-14-8-11(9-15)5-6-13(14)18-12-4-3-7-16-10-12/h5-6,8,12,15H,2-4,7,9-10H2,1H3. The number of aliphatic hydroxyl groups is 1. The molecule has 0 radical (unpaired) electrons. The Hall–Kier alpha value is -1.26. The summed E-state index contributed by atoms with van der Waals surface area (Å²) < 4.78 is 16.8. The van der Waals surface area contributed by atoms with Crippen molar-refractivity contribution in [2.75, 3.05) is 19.8 Å². The monoisotopic (exact) mass is 252 g/mol. The van der Waals surface area contributed by atoms with Gasteiger partial charge in [0, 0.05) is 6.61 Å². The van der Waals surface area contributed by atoms with E-state index in [0.717, 1.165) is 30.8 Å². The molecule has 1 aliphatic heterocycles. The summed E-state index contributed by atoms with van der Waals surface area (Å²) >= 11 is 0. The molecule has 0 bridgehead atoms. The van der Waals surface area contributed by atoms with Gasteiger partial charge < -0.3 is 19.3 Å². The SMILES string of the molecule is CCOc1cc(CO)ccc1OC1CCCOC1. The minimum atomic E-state index is 0.00684. The van der Waals surface area contributed by atoms with E-state index in [1.807, 2.05) is 25.1 Å². The first kappa shape index (κ1) is 13.2. The van der Waals surface area contributed by atoms with E-state index in [9.17, 15) is 0 Å². The molecule has 2 rings (SSSR count). The third-order valence-electron chi connectivity index (χ3n) is 2.90. The van der Waals surface area contributed by atoms with Crippen molar-refractivity contribution in [3.05, 3.63) is 23.8 Å². The first-order valence-electron chi connectivity index (χ1n) is 6.44. The zero-order valence-electron chi connectivity index (χ0n) is 10.7. The third kappa shape index (κ3) is 3.37. The lowest BCUT2D eigenvalue weighted by molar-refractivity contribution is 0.00623. The lowest BCUT2D eigenvalue weighted by atomic mass is 10.1. The van der Waals surface area contributed by atoms with Crippen molar-refractivity contribution in [3.63, 3.8) is 0 Å². The maximum absolute atomic E-state index is 9.13. The second-order valence-electron chi connectivity index (χ2n) is 4.33. The topological polar surface area (TPSA) is 47.9 Å². The molecule has 1 fully saturated rings. The first-order chi connectivity index (χ1) is 8.83. The maximum atomic E-state index is 9.13. The van der Waals surface area contributed by atoms with E-state index in [4.69, 9.17) is 19.3 Å². The molecule has 1 atom stereocenters. The summed E-state index contributed by atoms with van der Waals surface area (Å²) in [5.41, 5.74) is 0.825. The zero-order valence-corrected chi connectivity index (χ0v) is 10.7. The van der Waals surface area contributed by atoms with Crippen molar-refractivity contribution in [2.24, 2.45) is 0 Å². The van der Waals surface area contributed by atoms with Gasteiger partial charge in [-0.1, -0.05) is 6.07 Å². The van der Waals surface area contributed by atoms with Crippen LogP contribution in [-0.4, -0.2) is 31.0 Å². The van der Waals surface area contributed by atoms with Gasteiger partial charge in [0.25, 0.3) is 0 Å². The summed E-state index contributed by atoms with van der Waals surface area (Å²) in [4.78, 5) is 0. The summed E-state index contributed by atoms with van der Waals surface area (Å²) in [5.74, 6) is 1.42. The highest BCUT2D eigenvalue weighted by molar-refractivity contribution is 5.43. The molecule has 1 saturated heterocycles. The molecule has 4 heteroatoms. The van der Waals surface area contributed by atoms with E-state index in [0.29, 0.717) is 19.0 Å². The molecule has 0 saturated carbocycles. The van der Waals surface area contributed by atoms with E-state index in [2.05, 4.69) is 0 Å². The largest absolute Gasteiger partial charge is 0.490 e. The quantitative estimate of drug-likeness (QED) is 0.872. The lowest BCUT2D eigenvalue weighted by Crippen LogP contribution is -2.28. The van der Waals surface area contributed by atoms with E-state index in [1.54, 1.807) is 0 Å². The number of aliphatic hydroxyl groups excluding tert-OH is 1. The van der Waals surface area contributed by atoms with Crippen LogP contribution < -0.4 is 9.47 Å². The fourth-order valence-corrected chi connectivity index (χ4v) is 2.00. The molecule has 1 aromatic rings. The molecule has 100 valence electrons. The zero-order chi connectivity index (χ0) is 12.8. The van der Waals surface area contributed by atoms with E-state index >= 15 is 0 Å². The molecule has 0 spiro atoms. The van der Waals surface area contributed by atoms with Crippen molar-refractivity contribution in [1.29, 1.82) is 0 Å². The number of rotatable bonds is 5. The van der Waals surface area contributed by atoms with Crippen LogP contribution in [0.2, 0.25) is 0 Å². The first-order valence-corrected chi connectivity index (χ1v) is 6.44. The Labute approximate surface area is 107 Å². The van der Waals surface area contributed by atoms with Gasteiger partial charge in [-0.05, 0) is 37.5 Å². The Morgan fingerprint density at radius 3 is 2.94 bits per heavy atom. The summed E-state index contributed by atoms with van der Waals surface area (Å²) in [5, 5.41) is 9.13. The lowest BCUT2D eigenvalue weighted by Gasteiger charge is -2.24. The van der Waals surface area contributed by atoms with Crippen LogP contribution in [0.5, 0.6) is 11.5 Å². The molecule has 1 unspecified atom stereocenters. The minimum absolute atomic E-state index is 0.00684. The van der Waals surface area contributed by atoms with Crippen molar-refractivity contribution >= 4 is 0 Å². The van der Waals surface area contributed by atoms with Gasteiger partial charge in [0.2, 0.25) is 0 Å². The van der Waals surface area contributed by atoms with E-state index in [-0.39, 0.29) is 12.7 Å².